The van der Waals surface area contributed by atoms with Gasteiger partial charge in [-0.2, -0.15) is 0 Å². The van der Waals surface area contributed by atoms with Gasteiger partial charge in [0, 0.05) is 11.8 Å². The van der Waals surface area contributed by atoms with Gasteiger partial charge in [0.25, 0.3) is 5.56 Å². The van der Waals surface area contributed by atoms with E-state index in [2.05, 4.69) is 4.98 Å². The Morgan fingerprint density at radius 2 is 1.96 bits per heavy atom. The molecule has 5 heteroatoms. The van der Waals surface area contributed by atoms with Crippen molar-refractivity contribution in [2.45, 2.75) is 13.8 Å². The number of carboxylic acids is 1. The van der Waals surface area contributed by atoms with Gasteiger partial charge in [-0.15, -0.1) is 0 Å². The van der Waals surface area contributed by atoms with Gasteiger partial charge in [-0.25, -0.2) is 9.78 Å². The van der Waals surface area contributed by atoms with Crippen molar-refractivity contribution >= 4 is 23.8 Å². The fourth-order valence-corrected chi connectivity index (χ4v) is 2.48. The van der Waals surface area contributed by atoms with Gasteiger partial charge >= 0.3 is 5.97 Å². The lowest BCUT2D eigenvalue weighted by atomic mass is 10.1. The highest BCUT2D eigenvalue weighted by atomic mass is 16.4. The number of carbonyl (C=O) groups is 1. The lowest BCUT2D eigenvalue weighted by Gasteiger charge is -2.06. The van der Waals surface area contributed by atoms with E-state index in [1.807, 2.05) is 37.3 Å². The monoisotopic (exact) mass is 320 g/mol. The van der Waals surface area contributed by atoms with E-state index in [-0.39, 0.29) is 11.1 Å². The number of fused-ring (bicyclic) bond motifs is 1. The second-order valence-corrected chi connectivity index (χ2v) is 5.63. The SMILES string of the molecule is Cc1cccc(C=Cc2nc3ccc(C(=O)O)cn3c(=O)c2C)c1. The number of aryl methyl sites for hydroxylation is 1. The van der Waals surface area contributed by atoms with Crippen molar-refractivity contribution in [2.24, 2.45) is 0 Å². The van der Waals surface area contributed by atoms with Gasteiger partial charge in [-0.3, -0.25) is 9.20 Å². The maximum Gasteiger partial charge on any atom is 0.337 e. The van der Waals surface area contributed by atoms with E-state index >= 15 is 0 Å². The minimum absolute atomic E-state index is 0.0499. The van der Waals surface area contributed by atoms with Crippen LogP contribution in [0.3, 0.4) is 0 Å². The summed E-state index contributed by atoms with van der Waals surface area (Å²) in [6.45, 7) is 3.70. The molecule has 0 bridgehead atoms. The van der Waals surface area contributed by atoms with Crippen LogP contribution < -0.4 is 5.56 Å². The second-order valence-electron chi connectivity index (χ2n) is 5.63. The summed E-state index contributed by atoms with van der Waals surface area (Å²) in [4.78, 5) is 28.0. The molecule has 1 N–H and O–H groups in total. The molecule has 0 aliphatic rings. The van der Waals surface area contributed by atoms with Crippen LogP contribution in [0.25, 0.3) is 17.8 Å². The van der Waals surface area contributed by atoms with Gasteiger partial charge in [0.15, 0.2) is 0 Å². The third-order valence-electron chi connectivity index (χ3n) is 3.81. The summed E-state index contributed by atoms with van der Waals surface area (Å²) in [6, 6.07) is 11.0. The van der Waals surface area contributed by atoms with Crippen molar-refractivity contribution < 1.29 is 9.90 Å². The topological polar surface area (TPSA) is 71.7 Å². The predicted octanol–water partition coefficient (Wildman–Crippen LogP) is 3.18. The Bertz CT molecular complexity index is 1030. The third-order valence-corrected chi connectivity index (χ3v) is 3.81. The zero-order valence-electron chi connectivity index (χ0n) is 13.4. The average Bonchev–Trinajstić information content (AvgIpc) is 2.56. The first kappa shape index (κ1) is 15.7. The Labute approximate surface area is 138 Å². The van der Waals surface area contributed by atoms with Crippen LogP contribution >= 0.6 is 0 Å². The molecular weight excluding hydrogens is 304 g/mol. The molecule has 0 spiro atoms. The number of aromatic nitrogens is 2. The standard InChI is InChI=1S/C19H16N2O3/c1-12-4-3-5-14(10-12)6-8-16-13(2)18(22)21-11-15(19(23)24)7-9-17(21)20-16/h3-11H,1-2H3,(H,23,24). The molecule has 5 nitrogen and oxygen atoms in total. The van der Waals surface area contributed by atoms with Crippen molar-refractivity contribution in [3.05, 3.63) is 80.9 Å². The predicted molar refractivity (Wildman–Crippen MR) is 93.3 cm³/mol. The molecule has 2 heterocycles. The zero-order chi connectivity index (χ0) is 17.3. The molecular formula is C19H16N2O3. The summed E-state index contributed by atoms with van der Waals surface area (Å²) in [5.74, 6) is -1.08. The first-order chi connectivity index (χ1) is 11.5. The Morgan fingerprint density at radius 1 is 1.17 bits per heavy atom. The van der Waals surface area contributed by atoms with Crippen LogP contribution in [0.1, 0.15) is 32.7 Å². The quantitative estimate of drug-likeness (QED) is 0.804. The van der Waals surface area contributed by atoms with E-state index in [0.29, 0.717) is 16.9 Å². The summed E-state index contributed by atoms with van der Waals surface area (Å²) in [5.41, 5.74) is 3.42. The van der Waals surface area contributed by atoms with E-state index in [4.69, 9.17) is 5.11 Å². The lowest BCUT2D eigenvalue weighted by molar-refractivity contribution is 0.0696. The van der Waals surface area contributed by atoms with E-state index in [9.17, 15) is 9.59 Å². The highest BCUT2D eigenvalue weighted by molar-refractivity contribution is 5.87. The Kier molecular flexibility index (Phi) is 4.00. The Hall–Kier alpha value is -3.21. The van der Waals surface area contributed by atoms with Crippen LogP contribution in [0.15, 0.2) is 47.4 Å². The van der Waals surface area contributed by atoms with Crippen molar-refractivity contribution in [1.82, 2.24) is 9.38 Å². The van der Waals surface area contributed by atoms with Crippen molar-refractivity contribution in [1.29, 1.82) is 0 Å². The number of aromatic carboxylic acids is 1. The summed E-state index contributed by atoms with van der Waals surface area (Å²) < 4.78 is 1.27. The highest BCUT2D eigenvalue weighted by Gasteiger charge is 2.09. The number of hydrogen-bond acceptors (Lipinski definition) is 3. The van der Waals surface area contributed by atoms with Crippen LogP contribution in [0.5, 0.6) is 0 Å². The molecule has 2 aromatic heterocycles. The van der Waals surface area contributed by atoms with Crippen LogP contribution in [-0.4, -0.2) is 20.5 Å². The van der Waals surface area contributed by atoms with Gasteiger partial charge in [-0.1, -0.05) is 35.9 Å². The molecule has 0 saturated carbocycles. The first-order valence-electron chi connectivity index (χ1n) is 7.47. The molecule has 3 aromatic rings. The maximum atomic E-state index is 12.5. The number of benzene rings is 1. The van der Waals surface area contributed by atoms with Crippen LogP contribution in [0, 0.1) is 13.8 Å². The molecule has 0 fully saturated rings. The fourth-order valence-electron chi connectivity index (χ4n) is 2.48. The molecule has 120 valence electrons. The second kappa shape index (κ2) is 6.12. The molecule has 0 radical (unpaired) electrons. The highest BCUT2D eigenvalue weighted by Crippen LogP contribution is 2.12. The summed E-state index contributed by atoms with van der Waals surface area (Å²) in [5, 5.41) is 9.04. The van der Waals surface area contributed by atoms with E-state index in [1.54, 1.807) is 13.0 Å². The number of rotatable bonds is 3. The smallest absolute Gasteiger partial charge is 0.337 e. The van der Waals surface area contributed by atoms with E-state index < -0.39 is 5.97 Å². The molecule has 0 aliphatic heterocycles. The Morgan fingerprint density at radius 3 is 2.67 bits per heavy atom. The molecule has 0 atom stereocenters. The summed E-state index contributed by atoms with van der Waals surface area (Å²) in [7, 11) is 0. The molecule has 1 aromatic carbocycles. The number of hydrogen-bond donors (Lipinski definition) is 1. The minimum atomic E-state index is -1.08. The van der Waals surface area contributed by atoms with Crippen molar-refractivity contribution in [2.75, 3.05) is 0 Å². The largest absolute Gasteiger partial charge is 0.478 e. The number of nitrogens with zero attached hydrogens (tertiary/aromatic N) is 2. The molecule has 0 amide bonds. The first-order valence-corrected chi connectivity index (χ1v) is 7.47. The van der Waals surface area contributed by atoms with Crippen LogP contribution in [0.2, 0.25) is 0 Å². The fraction of sp³-hybridized carbons (Fsp3) is 0.105. The van der Waals surface area contributed by atoms with E-state index in [0.717, 1.165) is 11.1 Å². The minimum Gasteiger partial charge on any atom is -0.478 e. The molecule has 0 unspecified atom stereocenters. The summed E-state index contributed by atoms with van der Waals surface area (Å²) >= 11 is 0. The van der Waals surface area contributed by atoms with Gasteiger partial charge in [0.1, 0.15) is 5.65 Å². The number of pyridine rings is 1. The molecule has 0 saturated heterocycles. The number of carboxylic acid groups (broad SMARTS) is 1. The van der Waals surface area contributed by atoms with Gasteiger partial charge in [0.2, 0.25) is 0 Å². The van der Waals surface area contributed by atoms with Crippen LogP contribution in [0.4, 0.5) is 0 Å². The zero-order valence-corrected chi connectivity index (χ0v) is 13.4. The van der Waals surface area contributed by atoms with Gasteiger partial charge in [-0.05, 0) is 37.6 Å². The maximum absolute atomic E-state index is 12.5. The van der Waals surface area contributed by atoms with Gasteiger partial charge in [0.05, 0.1) is 11.3 Å². The normalized spacial score (nSPS) is 11.2. The van der Waals surface area contributed by atoms with Crippen LogP contribution in [-0.2, 0) is 0 Å². The summed E-state index contributed by atoms with van der Waals surface area (Å²) in [6.07, 6.45) is 5.01. The van der Waals surface area contributed by atoms with E-state index in [1.165, 1.54) is 22.7 Å². The molecule has 24 heavy (non-hydrogen) atoms. The lowest BCUT2D eigenvalue weighted by Crippen LogP contribution is -2.20. The van der Waals surface area contributed by atoms with Crippen molar-refractivity contribution in [3.8, 4) is 0 Å². The molecule has 0 aliphatic carbocycles. The van der Waals surface area contributed by atoms with Gasteiger partial charge < -0.3 is 5.11 Å². The third kappa shape index (κ3) is 2.96. The van der Waals surface area contributed by atoms with Crippen molar-refractivity contribution in [3.63, 3.8) is 0 Å². The Balaban J connectivity index is 2.09. The average molecular weight is 320 g/mol. The molecule has 3 rings (SSSR count).